The number of nitrogens with zero attached hydrogens (tertiary/aromatic N) is 2. The minimum atomic E-state index is -4.42. The van der Waals surface area contributed by atoms with Crippen LogP contribution in [0.5, 0.6) is 5.75 Å². The van der Waals surface area contributed by atoms with Crippen LogP contribution in [0.3, 0.4) is 0 Å². The van der Waals surface area contributed by atoms with Crippen LogP contribution in [0.1, 0.15) is 35.2 Å². The number of hydrogen-bond donors (Lipinski definition) is 0. The molecule has 0 amide bonds. The van der Waals surface area contributed by atoms with E-state index >= 15 is 0 Å². The van der Waals surface area contributed by atoms with Crippen molar-refractivity contribution in [1.29, 1.82) is 0 Å². The Hall–Kier alpha value is -2.34. The molecule has 2 aliphatic rings. The normalized spacial score (nSPS) is 18.7. The van der Waals surface area contributed by atoms with Gasteiger partial charge in [-0.2, -0.15) is 13.2 Å². The van der Waals surface area contributed by atoms with Crippen molar-refractivity contribution in [2.45, 2.75) is 31.0 Å². The van der Waals surface area contributed by atoms with Crippen molar-refractivity contribution in [3.63, 3.8) is 0 Å². The summed E-state index contributed by atoms with van der Waals surface area (Å²) in [5.41, 5.74) is 2.22. The zero-order chi connectivity index (χ0) is 19.1. The van der Waals surface area contributed by atoms with Crippen LogP contribution in [0.25, 0.3) is 6.08 Å². The number of rotatable bonds is 3. The summed E-state index contributed by atoms with van der Waals surface area (Å²) in [7, 11) is 1.26. The fourth-order valence-electron chi connectivity index (χ4n) is 4.14. The molecule has 2 heterocycles. The SMILES string of the molecule is COc1ccc(CN2CCC3(C=Cc4cccnc43)CC2)cc1C(F)(F)F. The van der Waals surface area contributed by atoms with Gasteiger partial charge in [-0.05, 0) is 55.3 Å². The van der Waals surface area contributed by atoms with Gasteiger partial charge >= 0.3 is 6.18 Å². The molecule has 0 N–H and O–H groups in total. The Bertz CT molecular complexity index is 868. The zero-order valence-electron chi connectivity index (χ0n) is 15.1. The average molecular weight is 374 g/mol. The van der Waals surface area contributed by atoms with E-state index in [0.717, 1.165) is 31.6 Å². The highest BCUT2D eigenvalue weighted by Gasteiger charge is 2.39. The van der Waals surface area contributed by atoms with E-state index in [1.54, 1.807) is 6.07 Å². The number of halogens is 3. The molecule has 3 nitrogen and oxygen atoms in total. The van der Waals surface area contributed by atoms with E-state index in [1.165, 1.54) is 24.8 Å². The van der Waals surface area contributed by atoms with Gasteiger partial charge in [0, 0.05) is 18.2 Å². The Morgan fingerprint density at radius 3 is 2.67 bits per heavy atom. The largest absolute Gasteiger partial charge is 0.496 e. The molecule has 1 saturated heterocycles. The lowest BCUT2D eigenvalue weighted by atomic mass is 9.77. The third-order valence-electron chi connectivity index (χ3n) is 5.62. The molecule has 1 aliphatic heterocycles. The number of piperidine rings is 1. The summed E-state index contributed by atoms with van der Waals surface area (Å²) >= 11 is 0. The first-order valence-electron chi connectivity index (χ1n) is 9.02. The smallest absolute Gasteiger partial charge is 0.419 e. The number of methoxy groups -OCH3 is 1. The number of fused-ring (bicyclic) bond motifs is 2. The van der Waals surface area contributed by atoms with Gasteiger partial charge in [0.25, 0.3) is 0 Å². The fraction of sp³-hybridized carbons (Fsp3) is 0.381. The van der Waals surface area contributed by atoms with Crippen molar-refractivity contribution in [1.82, 2.24) is 9.88 Å². The maximum Gasteiger partial charge on any atom is 0.419 e. The van der Waals surface area contributed by atoms with Crippen LogP contribution in [0, 0.1) is 0 Å². The number of likely N-dealkylation sites (tertiary alicyclic amines) is 1. The topological polar surface area (TPSA) is 25.4 Å². The lowest BCUT2D eigenvalue weighted by Gasteiger charge is -2.38. The number of alkyl halides is 3. The molecule has 2 aromatic rings. The predicted molar refractivity (Wildman–Crippen MR) is 97.5 cm³/mol. The highest BCUT2D eigenvalue weighted by atomic mass is 19.4. The molecule has 142 valence electrons. The molecule has 0 saturated carbocycles. The highest BCUT2D eigenvalue weighted by molar-refractivity contribution is 5.63. The van der Waals surface area contributed by atoms with Crippen molar-refractivity contribution in [2.75, 3.05) is 20.2 Å². The van der Waals surface area contributed by atoms with E-state index in [1.807, 2.05) is 12.3 Å². The second-order valence-electron chi connectivity index (χ2n) is 7.24. The summed E-state index contributed by atoms with van der Waals surface area (Å²) in [4.78, 5) is 6.79. The molecule has 0 unspecified atom stereocenters. The summed E-state index contributed by atoms with van der Waals surface area (Å²) in [5.74, 6) is -0.136. The van der Waals surface area contributed by atoms with Crippen molar-refractivity contribution in [2.24, 2.45) is 0 Å². The molecule has 0 radical (unpaired) electrons. The van der Waals surface area contributed by atoms with E-state index in [9.17, 15) is 13.2 Å². The quantitative estimate of drug-likeness (QED) is 0.781. The molecule has 1 aliphatic carbocycles. The van der Waals surface area contributed by atoms with Gasteiger partial charge in [0.2, 0.25) is 0 Å². The molecule has 4 rings (SSSR count). The van der Waals surface area contributed by atoms with E-state index in [2.05, 4.69) is 28.1 Å². The van der Waals surface area contributed by atoms with Gasteiger partial charge in [0.15, 0.2) is 0 Å². The van der Waals surface area contributed by atoms with E-state index in [4.69, 9.17) is 4.74 Å². The monoisotopic (exact) mass is 374 g/mol. The lowest BCUT2D eigenvalue weighted by molar-refractivity contribution is -0.138. The van der Waals surface area contributed by atoms with Crippen LogP contribution in [0.2, 0.25) is 0 Å². The Morgan fingerprint density at radius 2 is 1.96 bits per heavy atom. The summed E-state index contributed by atoms with van der Waals surface area (Å²) in [6, 6.07) is 8.35. The number of ether oxygens (including phenoxy) is 1. The van der Waals surface area contributed by atoms with Crippen molar-refractivity contribution in [3.8, 4) is 5.75 Å². The average Bonchev–Trinajstić information content (AvgIpc) is 3.02. The van der Waals surface area contributed by atoms with Gasteiger partial charge in [0.05, 0.1) is 18.4 Å². The van der Waals surface area contributed by atoms with Crippen LogP contribution in [-0.2, 0) is 18.1 Å². The van der Waals surface area contributed by atoms with Gasteiger partial charge in [-0.15, -0.1) is 0 Å². The minimum Gasteiger partial charge on any atom is -0.496 e. The number of pyridine rings is 1. The number of benzene rings is 1. The molecule has 27 heavy (non-hydrogen) atoms. The Labute approximate surface area is 156 Å². The van der Waals surface area contributed by atoms with Gasteiger partial charge in [0.1, 0.15) is 5.75 Å². The summed E-state index contributed by atoms with van der Waals surface area (Å²) in [5, 5.41) is 0. The van der Waals surface area contributed by atoms with Gasteiger partial charge in [-0.3, -0.25) is 9.88 Å². The second kappa shape index (κ2) is 6.68. The van der Waals surface area contributed by atoms with E-state index in [-0.39, 0.29) is 11.2 Å². The van der Waals surface area contributed by atoms with Crippen molar-refractivity contribution in [3.05, 3.63) is 65.0 Å². The van der Waals surface area contributed by atoms with Crippen LogP contribution < -0.4 is 4.74 Å². The highest BCUT2D eigenvalue weighted by Crippen LogP contribution is 2.43. The predicted octanol–water partition coefficient (Wildman–Crippen LogP) is 4.67. The first-order valence-corrected chi connectivity index (χ1v) is 9.02. The Morgan fingerprint density at radius 1 is 1.19 bits per heavy atom. The Balaban J connectivity index is 1.47. The van der Waals surface area contributed by atoms with E-state index < -0.39 is 11.7 Å². The van der Waals surface area contributed by atoms with Crippen LogP contribution in [0.4, 0.5) is 13.2 Å². The van der Waals surface area contributed by atoms with Crippen LogP contribution in [-0.4, -0.2) is 30.1 Å². The van der Waals surface area contributed by atoms with Gasteiger partial charge < -0.3 is 4.74 Å². The molecule has 1 aromatic carbocycles. The van der Waals surface area contributed by atoms with Crippen LogP contribution >= 0.6 is 0 Å². The third kappa shape index (κ3) is 3.34. The maximum absolute atomic E-state index is 13.2. The first kappa shape index (κ1) is 18.0. The molecular weight excluding hydrogens is 353 g/mol. The zero-order valence-corrected chi connectivity index (χ0v) is 15.1. The lowest BCUT2D eigenvalue weighted by Crippen LogP contribution is -2.41. The van der Waals surface area contributed by atoms with Crippen molar-refractivity contribution >= 4 is 6.08 Å². The third-order valence-corrected chi connectivity index (χ3v) is 5.62. The van der Waals surface area contributed by atoms with Gasteiger partial charge in [-0.25, -0.2) is 0 Å². The van der Waals surface area contributed by atoms with E-state index in [0.29, 0.717) is 12.1 Å². The standard InChI is InChI=1S/C21H21F3N2O/c1-27-18-5-4-15(13-17(18)21(22,23)24)14-26-11-8-20(9-12-26)7-6-16-3-2-10-25-19(16)20/h2-7,10,13H,8-9,11-12,14H2,1H3. The Kier molecular flexibility index (Phi) is 4.46. The summed E-state index contributed by atoms with van der Waals surface area (Å²) < 4.78 is 44.5. The fourth-order valence-corrected chi connectivity index (χ4v) is 4.14. The summed E-state index contributed by atoms with van der Waals surface area (Å²) in [6.45, 7) is 2.16. The molecule has 1 aromatic heterocycles. The number of hydrogen-bond acceptors (Lipinski definition) is 3. The second-order valence-corrected chi connectivity index (χ2v) is 7.24. The first-order chi connectivity index (χ1) is 12.9. The number of aromatic nitrogens is 1. The molecule has 0 bridgehead atoms. The molecule has 0 atom stereocenters. The van der Waals surface area contributed by atoms with Crippen LogP contribution in [0.15, 0.2) is 42.6 Å². The maximum atomic E-state index is 13.2. The molecule has 6 heteroatoms. The van der Waals surface area contributed by atoms with Crippen molar-refractivity contribution < 1.29 is 17.9 Å². The summed E-state index contributed by atoms with van der Waals surface area (Å²) in [6.07, 6.45) is 3.65. The minimum absolute atomic E-state index is 0.0237. The molecule has 1 fully saturated rings. The van der Waals surface area contributed by atoms with Gasteiger partial charge in [-0.1, -0.05) is 24.3 Å². The molecular formula is C21H21F3N2O. The number of allylic oxidation sites excluding steroid dienone is 1. The molecule has 1 spiro atoms.